The number of nitrogens with one attached hydrogen (secondary N) is 1. The van der Waals surface area contributed by atoms with Crippen molar-refractivity contribution in [3.8, 4) is 0 Å². The molecule has 0 aliphatic heterocycles. The predicted molar refractivity (Wildman–Crippen MR) is 66.4 cm³/mol. The highest BCUT2D eigenvalue weighted by atomic mass is 19.3. The summed E-state index contributed by atoms with van der Waals surface area (Å²) in [4.78, 5) is 11.6. The number of carbonyl (C=O) groups excluding carboxylic acids is 1. The number of hydrogen-bond donors (Lipinski definition) is 1. The fourth-order valence-corrected chi connectivity index (χ4v) is 1.57. The van der Waals surface area contributed by atoms with Crippen molar-refractivity contribution < 1.29 is 18.0 Å². The molecule has 10 heteroatoms. The molecule has 2 heterocycles. The van der Waals surface area contributed by atoms with Crippen LogP contribution in [0.1, 0.15) is 28.3 Å². The molecule has 1 N–H and O–H groups in total. The van der Waals surface area contributed by atoms with Crippen molar-refractivity contribution in [3.63, 3.8) is 0 Å². The highest BCUT2D eigenvalue weighted by molar-refractivity contribution is 5.93. The molecular formula is C11H11F3N6O. The number of carbonyl (C=O) groups is 1. The maximum Gasteiger partial charge on any atom is 0.333 e. The second kappa shape index (κ2) is 5.77. The summed E-state index contributed by atoms with van der Waals surface area (Å²) in [5, 5.41) is 10.7. The summed E-state index contributed by atoms with van der Waals surface area (Å²) in [5.41, 5.74) is 2.36. The average Bonchev–Trinajstić information content (AvgIpc) is 2.99. The van der Waals surface area contributed by atoms with Crippen LogP contribution in [0, 0.1) is 12.9 Å². The van der Waals surface area contributed by atoms with E-state index in [1.165, 1.54) is 7.05 Å². The van der Waals surface area contributed by atoms with E-state index in [9.17, 15) is 18.0 Å². The van der Waals surface area contributed by atoms with Crippen LogP contribution >= 0.6 is 0 Å². The van der Waals surface area contributed by atoms with Gasteiger partial charge in [-0.2, -0.15) is 28.5 Å². The summed E-state index contributed by atoms with van der Waals surface area (Å²) < 4.78 is 39.5. The lowest BCUT2D eigenvalue weighted by Gasteiger charge is -1.97. The lowest BCUT2D eigenvalue weighted by atomic mass is 10.3. The molecule has 0 saturated carbocycles. The zero-order chi connectivity index (χ0) is 15.6. The third-order valence-electron chi connectivity index (χ3n) is 2.60. The smallest absolute Gasteiger partial charge is 0.265 e. The normalized spacial score (nSPS) is 11.5. The second-order valence-electron chi connectivity index (χ2n) is 4.07. The van der Waals surface area contributed by atoms with Crippen LogP contribution in [0.3, 0.4) is 0 Å². The zero-order valence-electron chi connectivity index (χ0n) is 11.1. The fourth-order valence-electron chi connectivity index (χ4n) is 1.57. The third-order valence-corrected chi connectivity index (χ3v) is 2.60. The van der Waals surface area contributed by atoms with Crippen LogP contribution in [-0.4, -0.2) is 31.7 Å². The molecule has 21 heavy (non-hydrogen) atoms. The number of hydrogen-bond acceptors (Lipinski definition) is 4. The Bertz CT molecular complexity index is 690. The summed E-state index contributed by atoms with van der Waals surface area (Å²) in [6, 6.07) is 1.12. The van der Waals surface area contributed by atoms with Crippen molar-refractivity contribution in [1.29, 1.82) is 0 Å². The predicted octanol–water partition coefficient (Wildman–Crippen LogP) is 1.22. The van der Waals surface area contributed by atoms with Gasteiger partial charge in [0.05, 0.1) is 17.5 Å². The molecule has 2 rings (SSSR count). The van der Waals surface area contributed by atoms with Crippen LogP contribution in [0.25, 0.3) is 0 Å². The highest BCUT2D eigenvalue weighted by Crippen LogP contribution is 2.09. The van der Waals surface area contributed by atoms with Crippen molar-refractivity contribution in [2.24, 2.45) is 12.1 Å². The molecule has 0 fully saturated rings. The summed E-state index contributed by atoms with van der Waals surface area (Å²) in [6.45, 7) is -1.25. The van der Waals surface area contributed by atoms with E-state index >= 15 is 0 Å². The van der Waals surface area contributed by atoms with E-state index < -0.39 is 18.4 Å². The quantitative estimate of drug-likeness (QED) is 0.681. The van der Waals surface area contributed by atoms with Gasteiger partial charge in [-0.3, -0.25) is 4.79 Å². The number of nitrogens with zero attached hydrogens (tertiary/aromatic N) is 5. The molecule has 112 valence electrons. The standard InChI is InChI=1S/C11H11F3N6O/c1-6-7(9(12)19(2)17-6)5-15-16-10(21)8-3-4-20(18-8)11(13)14/h3-5,11H,1-2H3,(H,16,21)/b15-5-. The molecule has 2 aromatic heterocycles. The first-order valence-electron chi connectivity index (χ1n) is 5.76. The first-order valence-corrected chi connectivity index (χ1v) is 5.76. The van der Waals surface area contributed by atoms with Crippen molar-refractivity contribution in [3.05, 3.63) is 35.2 Å². The Kier molecular flexibility index (Phi) is 4.05. The van der Waals surface area contributed by atoms with E-state index in [1.54, 1.807) is 6.92 Å². The molecule has 0 radical (unpaired) electrons. The third kappa shape index (κ3) is 3.09. The maximum atomic E-state index is 13.6. The molecule has 0 spiro atoms. The Morgan fingerprint density at radius 3 is 2.71 bits per heavy atom. The van der Waals surface area contributed by atoms with E-state index in [0.717, 1.165) is 23.2 Å². The van der Waals surface area contributed by atoms with Gasteiger partial charge in [0, 0.05) is 13.2 Å². The molecule has 0 atom stereocenters. The summed E-state index contributed by atoms with van der Waals surface area (Å²) in [6.07, 6.45) is 2.05. The van der Waals surface area contributed by atoms with Crippen LogP contribution in [0.2, 0.25) is 0 Å². The largest absolute Gasteiger partial charge is 0.333 e. The molecule has 7 nitrogen and oxygen atoms in total. The van der Waals surface area contributed by atoms with Gasteiger partial charge < -0.3 is 0 Å². The number of rotatable bonds is 4. The lowest BCUT2D eigenvalue weighted by molar-refractivity contribution is 0.0560. The Morgan fingerprint density at radius 1 is 1.48 bits per heavy atom. The van der Waals surface area contributed by atoms with Crippen molar-refractivity contribution >= 4 is 12.1 Å². The van der Waals surface area contributed by atoms with Gasteiger partial charge in [-0.05, 0) is 13.0 Å². The van der Waals surface area contributed by atoms with Gasteiger partial charge in [-0.15, -0.1) is 0 Å². The zero-order valence-corrected chi connectivity index (χ0v) is 11.1. The van der Waals surface area contributed by atoms with Crippen LogP contribution in [-0.2, 0) is 7.05 Å². The first kappa shape index (κ1) is 14.8. The monoisotopic (exact) mass is 300 g/mol. The molecule has 0 unspecified atom stereocenters. The van der Waals surface area contributed by atoms with Crippen LogP contribution in [0.15, 0.2) is 17.4 Å². The Morgan fingerprint density at radius 2 is 2.19 bits per heavy atom. The lowest BCUT2D eigenvalue weighted by Crippen LogP contribution is -2.18. The van der Waals surface area contributed by atoms with Gasteiger partial charge >= 0.3 is 6.55 Å². The number of halogens is 3. The molecule has 0 aliphatic rings. The van der Waals surface area contributed by atoms with E-state index in [1.807, 2.05) is 0 Å². The molecular weight excluding hydrogens is 289 g/mol. The van der Waals surface area contributed by atoms with Gasteiger partial charge in [0.25, 0.3) is 5.91 Å². The van der Waals surface area contributed by atoms with E-state index in [-0.39, 0.29) is 11.3 Å². The molecule has 0 bridgehead atoms. The molecule has 2 aromatic rings. The van der Waals surface area contributed by atoms with Gasteiger partial charge in [-0.1, -0.05) is 0 Å². The van der Waals surface area contributed by atoms with Crippen molar-refractivity contribution in [2.45, 2.75) is 13.5 Å². The van der Waals surface area contributed by atoms with Gasteiger partial charge in [0.1, 0.15) is 0 Å². The first-order chi connectivity index (χ1) is 9.90. The second-order valence-corrected chi connectivity index (χ2v) is 4.07. The maximum absolute atomic E-state index is 13.6. The molecule has 0 aliphatic carbocycles. The Balaban J connectivity index is 2.04. The summed E-state index contributed by atoms with van der Waals surface area (Å²) >= 11 is 0. The fraction of sp³-hybridized carbons (Fsp3) is 0.273. The Labute approximate surface area is 117 Å². The molecule has 0 saturated heterocycles. The number of amides is 1. The van der Waals surface area contributed by atoms with Crippen molar-refractivity contribution in [1.82, 2.24) is 25.0 Å². The number of aryl methyl sites for hydroxylation is 2. The minimum Gasteiger partial charge on any atom is -0.265 e. The summed E-state index contributed by atoms with van der Waals surface area (Å²) in [7, 11) is 1.43. The van der Waals surface area contributed by atoms with Crippen molar-refractivity contribution in [2.75, 3.05) is 0 Å². The van der Waals surface area contributed by atoms with E-state index in [2.05, 4.69) is 20.7 Å². The molecule has 0 aromatic carbocycles. The van der Waals surface area contributed by atoms with Crippen LogP contribution in [0.5, 0.6) is 0 Å². The van der Waals surface area contributed by atoms with Gasteiger partial charge in [0.2, 0.25) is 5.95 Å². The minimum absolute atomic E-state index is 0.121. The number of hydrazone groups is 1. The average molecular weight is 300 g/mol. The van der Waals surface area contributed by atoms with Crippen LogP contribution in [0.4, 0.5) is 13.2 Å². The highest BCUT2D eigenvalue weighted by Gasteiger charge is 2.13. The summed E-state index contributed by atoms with van der Waals surface area (Å²) in [5.74, 6) is -1.39. The topological polar surface area (TPSA) is 77.1 Å². The SMILES string of the molecule is Cc1nn(C)c(F)c1/C=N\NC(=O)c1ccn(C(F)F)n1. The van der Waals surface area contributed by atoms with Gasteiger partial charge in [0.15, 0.2) is 5.69 Å². The number of aromatic nitrogens is 4. The minimum atomic E-state index is -2.83. The molecule has 1 amide bonds. The van der Waals surface area contributed by atoms with Crippen LogP contribution < -0.4 is 5.43 Å². The Hall–Kier alpha value is -2.65. The van der Waals surface area contributed by atoms with E-state index in [4.69, 9.17) is 0 Å². The van der Waals surface area contributed by atoms with Gasteiger partial charge in [-0.25, -0.2) is 14.8 Å². The number of alkyl halides is 2. The van der Waals surface area contributed by atoms with E-state index in [0.29, 0.717) is 10.4 Å².